The third-order valence-electron chi connectivity index (χ3n) is 3.75. The monoisotopic (exact) mass is 321 g/mol. The molecule has 6 heteroatoms. The Morgan fingerprint density at radius 1 is 1.12 bits per heavy atom. The molecule has 3 rings (SSSR count). The number of aromatic nitrogens is 4. The summed E-state index contributed by atoms with van der Waals surface area (Å²) in [5, 5.41) is 2.85. The van der Waals surface area contributed by atoms with Gasteiger partial charge in [0.05, 0.1) is 6.20 Å². The van der Waals surface area contributed by atoms with E-state index >= 15 is 0 Å². The fraction of sp³-hybridized carbons (Fsp3) is 0.222. The largest absolute Gasteiger partial charge is 0.350 e. The van der Waals surface area contributed by atoms with Gasteiger partial charge in [0.25, 0.3) is 5.91 Å². The first-order chi connectivity index (χ1) is 11.7. The second-order valence-electron chi connectivity index (χ2n) is 5.48. The number of amides is 1. The maximum atomic E-state index is 12.0. The van der Waals surface area contributed by atoms with Gasteiger partial charge in [0.2, 0.25) is 0 Å². The zero-order valence-electron chi connectivity index (χ0n) is 13.5. The molecule has 0 aliphatic rings. The first-order valence-electron chi connectivity index (χ1n) is 7.83. The molecule has 122 valence electrons. The summed E-state index contributed by atoms with van der Waals surface area (Å²) in [6.45, 7) is 3.32. The Bertz CT molecular complexity index is 799. The zero-order valence-corrected chi connectivity index (χ0v) is 13.5. The lowest BCUT2D eigenvalue weighted by Gasteiger charge is -2.11. The number of hydrogen-bond acceptors (Lipinski definition) is 4. The van der Waals surface area contributed by atoms with Crippen LogP contribution in [0.5, 0.6) is 0 Å². The highest BCUT2D eigenvalue weighted by molar-refractivity contribution is 5.91. The zero-order chi connectivity index (χ0) is 16.8. The van der Waals surface area contributed by atoms with E-state index in [0.717, 1.165) is 18.1 Å². The number of carbonyl (C=O) groups excluding carboxylic acids is 1. The van der Waals surface area contributed by atoms with Gasteiger partial charge in [0.15, 0.2) is 0 Å². The Morgan fingerprint density at radius 3 is 2.71 bits per heavy atom. The topological polar surface area (TPSA) is 72.7 Å². The van der Waals surface area contributed by atoms with E-state index in [1.165, 1.54) is 18.0 Å². The summed E-state index contributed by atoms with van der Waals surface area (Å²) < 4.78 is 2.17. The van der Waals surface area contributed by atoms with Crippen molar-refractivity contribution in [2.24, 2.45) is 0 Å². The minimum absolute atomic E-state index is 0.221. The molecule has 1 amide bonds. The highest BCUT2D eigenvalue weighted by atomic mass is 16.1. The van der Waals surface area contributed by atoms with Crippen LogP contribution in [0, 0.1) is 6.92 Å². The van der Waals surface area contributed by atoms with Gasteiger partial charge in [0.1, 0.15) is 11.5 Å². The molecule has 1 aromatic carbocycles. The highest BCUT2D eigenvalue weighted by Gasteiger charge is 2.10. The van der Waals surface area contributed by atoms with Crippen molar-refractivity contribution in [3.63, 3.8) is 0 Å². The van der Waals surface area contributed by atoms with Gasteiger partial charge in [-0.1, -0.05) is 30.3 Å². The van der Waals surface area contributed by atoms with Crippen molar-refractivity contribution < 1.29 is 4.79 Å². The molecule has 0 radical (unpaired) electrons. The number of rotatable bonds is 6. The van der Waals surface area contributed by atoms with Crippen molar-refractivity contribution in [2.45, 2.75) is 19.9 Å². The third kappa shape index (κ3) is 3.84. The number of carbonyl (C=O) groups is 1. The van der Waals surface area contributed by atoms with Gasteiger partial charge in [-0.15, -0.1) is 0 Å². The van der Waals surface area contributed by atoms with Crippen LogP contribution in [-0.4, -0.2) is 32.0 Å². The summed E-state index contributed by atoms with van der Waals surface area (Å²) in [6.07, 6.45) is 7.02. The van der Waals surface area contributed by atoms with E-state index in [1.807, 2.05) is 31.3 Å². The normalized spacial score (nSPS) is 10.5. The summed E-state index contributed by atoms with van der Waals surface area (Å²) in [5.74, 6) is 0.733. The molecule has 2 aromatic heterocycles. The van der Waals surface area contributed by atoms with E-state index in [1.54, 1.807) is 6.20 Å². The predicted octanol–water partition coefficient (Wildman–Crippen LogP) is 2.00. The van der Waals surface area contributed by atoms with E-state index in [9.17, 15) is 4.79 Å². The first-order valence-corrected chi connectivity index (χ1v) is 7.83. The summed E-state index contributed by atoms with van der Waals surface area (Å²) in [7, 11) is 0. The van der Waals surface area contributed by atoms with Gasteiger partial charge in [-0.05, 0) is 12.5 Å². The Morgan fingerprint density at radius 2 is 1.96 bits per heavy atom. The predicted molar refractivity (Wildman–Crippen MR) is 90.6 cm³/mol. The standard InChI is InChI=1S/C18H19N5O/c1-14-11-22-17(23(14)13-15-5-3-2-4-6-15)7-8-21-18(24)16-12-19-9-10-20-16/h2-6,9-12H,7-8,13H2,1H3,(H,21,24). The molecule has 0 atom stereocenters. The molecule has 0 aliphatic heterocycles. The van der Waals surface area contributed by atoms with Gasteiger partial charge < -0.3 is 9.88 Å². The molecule has 2 heterocycles. The average molecular weight is 321 g/mol. The van der Waals surface area contributed by atoms with Crippen LogP contribution in [0.25, 0.3) is 0 Å². The van der Waals surface area contributed by atoms with Crippen molar-refractivity contribution >= 4 is 5.91 Å². The number of aryl methyl sites for hydroxylation is 1. The van der Waals surface area contributed by atoms with Crippen molar-refractivity contribution in [3.05, 3.63) is 77.9 Å². The number of hydrogen-bond donors (Lipinski definition) is 1. The van der Waals surface area contributed by atoms with Crippen molar-refractivity contribution in [1.82, 2.24) is 24.8 Å². The van der Waals surface area contributed by atoms with E-state index in [0.29, 0.717) is 18.7 Å². The smallest absolute Gasteiger partial charge is 0.271 e. The molecule has 24 heavy (non-hydrogen) atoms. The molecular formula is C18H19N5O. The Hall–Kier alpha value is -3.02. The van der Waals surface area contributed by atoms with Gasteiger partial charge in [-0.25, -0.2) is 9.97 Å². The summed E-state index contributed by atoms with van der Waals surface area (Å²) in [6, 6.07) is 10.3. The average Bonchev–Trinajstić information content (AvgIpc) is 2.97. The second-order valence-corrected chi connectivity index (χ2v) is 5.48. The van der Waals surface area contributed by atoms with Crippen LogP contribution < -0.4 is 5.32 Å². The molecule has 0 bridgehead atoms. The van der Waals surface area contributed by atoms with Gasteiger partial charge >= 0.3 is 0 Å². The quantitative estimate of drug-likeness (QED) is 0.754. The van der Waals surface area contributed by atoms with Crippen LogP contribution in [-0.2, 0) is 13.0 Å². The molecule has 1 N–H and O–H groups in total. The molecular weight excluding hydrogens is 302 g/mol. The van der Waals surface area contributed by atoms with Gasteiger partial charge in [0, 0.05) is 43.8 Å². The summed E-state index contributed by atoms with van der Waals surface area (Å²) >= 11 is 0. The molecule has 0 saturated carbocycles. The van der Waals surface area contributed by atoms with Crippen LogP contribution in [0.3, 0.4) is 0 Å². The van der Waals surface area contributed by atoms with E-state index < -0.39 is 0 Å². The summed E-state index contributed by atoms with van der Waals surface area (Å²) in [5.41, 5.74) is 2.65. The van der Waals surface area contributed by atoms with Gasteiger partial charge in [-0.3, -0.25) is 9.78 Å². The Labute approximate surface area is 140 Å². The molecule has 0 unspecified atom stereocenters. The fourth-order valence-corrected chi connectivity index (χ4v) is 2.49. The van der Waals surface area contributed by atoms with Crippen molar-refractivity contribution in [1.29, 1.82) is 0 Å². The van der Waals surface area contributed by atoms with E-state index in [-0.39, 0.29) is 5.91 Å². The summed E-state index contributed by atoms with van der Waals surface area (Å²) in [4.78, 5) is 24.3. The molecule has 0 saturated heterocycles. The molecule has 0 spiro atoms. The van der Waals surface area contributed by atoms with Crippen molar-refractivity contribution in [3.8, 4) is 0 Å². The van der Waals surface area contributed by atoms with Crippen LogP contribution in [0.2, 0.25) is 0 Å². The lowest BCUT2D eigenvalue weighted by molar-refractivity contribution is 0.0948. The van der Waals surface area contributed by atoms with Crippen LogP contribution in [0.4, 0.5) is 0 Å². The molecule has 3 aromatic rings. The first kappa shape index (κ1) is 15.9. The van der Waals surface area contributed by atoms with Crippen LogP contribution >= 0.6 is 0 Å². The second kappa shape index (κ2) is 7.50. The van der Waals surface area contributed by atoms with Crippen LogP contribution in [0.15, 0.2) is 55.1 Å². The van der Waals surface area contributed by atoms with E-state index in [4.69, 9.17) is 0 Å². The lowest BCUT2D eigenvalue weighted by atomic mass is 10.2. The highest BCUT2D eigenvalue weighted by Crippen LogP contribution is 2.10. The maximum absolute atomic E-state index is 12.0. The Balaban J connectivity index is 1.61. The lowest BCUT2D eigenvalue weighted by Crippen LogP contribution is -2.27. The number of nitrogens with zero attached hydrogens (tertiary/aromatic N) is 4. The number of nitrogens with one attached hydrogen (secondary N) is 1. The number of imidazole rings is 1. The van der Waals surface area contributed by atoms with Crippen molar-refractivity contribution in [2.75, 3.05) is 6.54 Å². The molecule has 0 fully saturated rings. The SMILES string of the molecule is Cc1cnc(CCNC(=O)c2cnccn2)n1Cc1ccccc1. The number of benzene rings is 1. The maximum Gasteiger partial charge on any atom is 0.271 e. The Kier molecular flexibility index (Phi) is 4.96. The minimum atomic E-state index is -0.221. The fourth-order valence-electron chi connectivity index (χ4n) is 2.49. The molecule has 0 aliphatic carbocycles. The van der Waals surface area contributed by atoms with Crippen LogP contribution in [0.1, 0.15) is 27.6 Å². The van der Waals surface area contributed by atoms with E-state index in [2.05, 4.69) is 37.0 Å². The minimum Gasteiger partial charge on any atom is -0.350 e. The third-order valence-corrected chi connectivity index (χ3v) is 3.75. The van der Waals surface area contributed by atoms with Gasteiger partial charge in [-0.2, -0.15) is 0 Å². The molecule has 6 nitrogen and oxygen atoms in total.